The minimum atomic E-state index is -4.93. The normalized spacial score (nSPS) is 30.8. The molecule has 2 amide bonds. The van der Waals surface area contributed by atoms with E-state index in [2.05, 4.69) is 10.1 Å². The number of aliphatic hydroxyl groups is 1. The van der Waals surface area contributed by atoms with E-state index in [1.165, 1.54) is 12.1 Å². The van der Waals surface area contributed by atoms with Crippen LogP contribution in [0.3, 0.4) is 0 Å². The zero-order valence-electron chi connectivity index (χ0n) is 12.9. The van der Waals surface area contributed by atoms with Gasteiger partial charge < -0.3 is 14.9 Å². The highest BCUT2D eigenvalue weighted by Gasteiger charge is 2.66. The molecular weight excluding hydrogens is 361 g/mol. The second-order valence-corrected chi connectivity index (χ2v) is 6.03. The van der Waals surface area contributed by atoms with E-state index in [1.54, 1.807) is 0 Å². The van der Waals surface area contributed by atoms with E-state index in [9.17, 15) is 37.8 Å². The number of nitrogens with one attached hydrogen (secondary N) is 2. The number of carboxylic acid groups (broad SMARTS) is 1. The Labute approximate surface area is 143 Å². The van der Waals surface area contributed by atoms with Crippen LogP contribution in [0.25, 0.3) is 0 Å². The summed E-state index contributed by atoms with van der Waals surface area (Å²) in [5, 5.41) is 23.7. The highest BCUT2D eigenvalue weighted by Crippen LogP contribution is 2.46. The molecule has 3 rings (SSSR count). The van der Waals surface area contributed by atoms with Gasteiger partial charge in [0.25, 0.3) is 0 Å². The summed E-state index contributed by atoms with van der Waals surface area (Å²) in [6.07, 6.45) is -4.93. The van der Waals surface area contributed by atoms with Crippen LogP contribution in [0.4, 0.5) is 13.2 Å². The predicted octanol–water partition coefficient (Wildman–Crippen LogP) is -0.0660. The van der Waals surface area contributed by atoms with Crippen LogP contribution >= 0.6 is 0 Å². The second kappa shape index (κ2) is 5.95. The number of aliphatic carboxylic acids is 1. The van der Waals surface area contributed by atoms with Crippen molar-refractivity contribution < 1.29 is 42.5 Å². The molecule has 2 saturated heterocycles. The van der Waals surface area contributed by atoms with Crippen LogP contribution in [-0.2, 0) is 14.4 Å². The summed E-state index contributed by atoms with van der Waals surface area (Å²) < 4.78 is 41.0. The number of aliphatic hydroxyl groups excluding tert-OH is 1. The topological polar surface area (TPSA) is 125 Å². The van der Waals surface area contributed by atoms with Crippen LogP contribution < -0.4 is 15.4 Å². The number of amides is 2. The highest BCUT2D eigenvalue weighted by molar-refractivity contribution is 6.09. The lowest BCUT2D eigenvalue weighted by atomic mass is 9.79. The van der Waals surface area contributed by atoms with E-state index in [0.29, 0.717) is 0 Å². The fourth-order valence-electron chi connectivity index (χ4n) is 3.53. The Hall–Kier alpha value is -2.66. The van der Waals surface area contributed by atoms with Crippen LogP contribution in [0.2, 0.25) is 0 Å². The van der Waals surface area contributed by atoms with Crippen molar-refractivity contribution in [1.82, 2.24) is 10.6 Å². The van der Waals surface area contributed by atoms with Crippen LogP contribution in [0.15, 0.2) is 24.3 Å². The molecule has 2 aliphatic rings. The molecule has 0 bridgehead atoms. The predicted molar refractivity (Wildman–Crippen MR) is 76.6 cm³/mol. The third kappa shape index (κ3) is 2.78. The summed E-state index contributed by atoms with van der Waals surface area (Å²) in [6.45, 7) is -0.987. The molecule has 4 atom stereocenters. The van der Waals surface area contributed by atoms with Crippen molar-refractivity contribution in [2.24, 2.45) is 11.8 Å². The number of benzene rings is 1. The van der Waals surface area contributed by atoms with E-state index in [-0.39, 0.29) is 5.56 Å². The molecule has 2 aliphatic heterocycles. The number of rotatable bonds is 4. The monoisotopic (exact) mass is 374 g/mol. The van der Waals surface area contributed by atoms with E-state index < -0.39 is 59.9 Å². The molecule has 8 nitrogen and oxygen atoms in total. The van der Waals surface area contributed by atoms with Gasteiger partial charge in [-0.05, 0) is 17.7 Å². The molecule has 0 aromatic heterocycles. The van der Waals surface area contributed by atoms with E-state index in [4.69, 9.17) is 0 Å². The van der Waals surface area contributed by atoms with Gasteiger partial charge in [0.1, 0.15) is 5.75 Å². The summed E-state index contributed by atoms with van der Waals surface area (Å²) in [6, 6.07) is 3.53. The van der Waals surface area contributed by atoms with Crippen LogP contribution in [0, 0.1) is 11.8 Å². The highest BCUT2D eigenvalue weighted by atomic mass is 19.4. The van der Waals surface area contributed by atoms with E-state index in [1.807, 2.05) is 5.32 Å². The van der Waals surface area contributed by atoms with Crippen molar-refractivity contribution in [2.75, 3.05) is 6.61 Å². The lowest BCUT2D eigenvalue weighted by Gasteiger charge is -2.27. The molecule has 26 heavy (non-hydrogen) atoms. The van der Waals surface area contributed by atoms with Crippen LogP contribution in [-0.4, -0.2) is 46.5 Å². The standard InChI is InChI=1S/C15H13F3N2O6/c16-15(17,18)26-7-3-1-2-6(4-7)10-8-9(12(23)19-11(8)22)14(5-21,20-10)13(24)25/h1-4,8-10,20-21H,5H2,(H,24,25)(H,19,22,23). The van der Waals surface area contributed by atoms with Gasteiger partial charge in [-0.1, -0.05) is 12.1 Å². The molecule has 2 heterocycles. The Morgan fingerprint density at radius 2 is 1.96 bits per heavy atom. The number of fused-ring (bicyclic) bond motifs is 1. The van der Waals surface area contributed by atoms with Crippen LogP contribution in [0.1, 0.15) is 11.6 Å². The summed E-state index contributed by atoms with van der Waals surface area (Å²) in [4.78, 5) is 35.9. The minimum Gasteiger partial charge on any atom is -0.480 e. The fraction of sp³-hybridized carbons (Fsp3) is 0.400. The maximum Gasteiger partial charge on any atom is 0.573 e. The number of imide groups is 1. The quantitative estimate of drug-likeness (QED) is 0.544. The molecule has 4 N–H and O–H groups in total. The van der Waals surface area contributed by atoms with Gasteiger partial charge in [0, 0.05) is 6.04 Å². The third-order valence-electron chi connectivity index (χ3n) is 4.58. The maximum absolute atomic E-state index is 12.4. The Morgan fingerprint density at radius 1 is 1.27 bits per heavy atom. The fourth-order valence-corrected chi connectivity index (χ4v) is 3.53. The van der Waals surface area contributed by atoms with Crippen molar-refractivity contribution in [2.45, 2.75) is 17.9 Å². The van der Waals surface area contributed by atoms with Gasteiger partial charge in [-0.3, -0.25) is 25.0 Å². The number of halogens is 3. The number of alkyl halides is 3. The number of hydrogen-bond donors (Lipinski definition) is 4. The molecule has 4 unspecified atom stereocenters. The molecule has 0 aliphatic carbocycles. The summed E-state index contributed by atoms with van der Waals surface area (Å²) in [5.41, 5.74) is -2.02. The molecule has 1 aromatic carbocycles. The van der Waals surface area contributed by atoms with Crippen molar-refractivity contribution >= 4 is 17.8 Å². The van der Waals surface area contributed by atoms with E-state index in [0.717, 1.165) is 12.1 Å². The van der Waals surface area contributed by atoms with Gasteiger partial charge in [-0.2, -0.15) is 0 Å². The molecule has 0 spiro atoms. The Balaban J connectivity index is 2.03. The molecule has 0 saturated carbocycles. The maximum atomic E-state index is 12.4. The number of ether oxygens (including phenoxy) is 1. The first-order chi connectivity index (χ1) is 12.1. The van der Waals surface area contributed by atoms with Gasteiger partial charge in [-0.15, -0.1) is 13.2 Å². The molecule has 140 valence electrons. The third-order valence-corrected chi connectivity index (χ3v) is 4.58. The number of hydrogen-bond acceptors (Lipinski definition) is 6. The molecule has 1 aromatic rings. The summed E-state index contributed by atoms with van der Waals surface area (Å²) in [5.74, 6) is -6.35. The molecule has 0 radical (unpaired) electrons. The zero-order chi connectivity index (χ0) is 19.3. The lowest BCUT2D eigenvalue weighted by molar-refractivity contribution is -0.274. The lowest BCUT2D eigenvalue weighted by Crippen LogP contribution is -2.58. The molecule has 2 fully saturated rings. The number of carboxylic acids is 1. The van der Waals surface area contributed by atoms with Crippen molar-refractivity contribution in [3.63, 3.8) is 0 Å². The van der Waals surface area contributed by atoms with Crippen molar-refractivity contribution in [3.8, 4) is 5.75 Å². The first-order valence-corrected chi connectivity index (χ1v) is 7.41. The van der Waals surface area contributed by atoms with Gasteiger partial charge in [0.05, 0.1) is 18.4 Å². The zero-order valence-corrected chi connectivity index (χ0v) is 12.9. The van der Waals surface area contributed by atoms with E-state index >= 15 is 0 Å². The van der Waals surface area contributed by atoms with Crippen molar-refractivity contribution in [3.05, 3.63) is 29.8 Å². The number of carbonyl (C=O) groups excluding carboxylic acids is 2. The number of carbonyl (C=O) groups is 3. The Morgan fingerprint density at radius 3 is 2.54 bits per heavy atom. The summed E-state index contributed by atoms with van der Waals surface area (Å²) >= 11 is 0. The van der Waals surface area contributed by atoms with Gasteiger partial charge in [0.15, 0.2) is 5.54 Å². The van der Waals surface area contributed by atoms with Gasteiger partial charge >= 0.3 is 12.3 Å². The minimum absolute atomic E-state index is 0.114. The average Bonchev–Trinajstić information content (AvgIpc) is 3.03. The summed E-state index contributed by atoms with van der Waals surface area (Å²) in [7, 11) is 0. The second-order valence-electron chi connectivity index (χ2n) is 6.03. The first kappa shape index (κ1) is 18.1. The average molecular weight is 374 g/mol. The largest absolute Gasteiger partial charge is 0.573 e. The smallest absolute Gasteiger partial charge is 0.480 e. The van der Waals surface area contributed by atoms with Crippen molar-refractivity contribution in [1.29, 1.82) is 0 Å². The Kier molecular flexibility index (Phi) is 4.15. The van der Waals surface area contributed by atoms with Gasteiger partial charge in [-0.25, -0.2) is 0 Å². The molecule has 11 heteroatoms. The SMILES string of the molecule is O=C1NC(=O)C2C1C(c1cccc(OC(F)(F)F)c1)NC2(CO)C(=O)O. The van der Waals surface area contributed by atoms with Crippen LogP contribution in [0.5, 0.6) is 5.75 Å². The first-order valence-electron chi connectivity index (χ1n) is 7.41. The Bertz CT molecular complexity index is 783. The van der Waals surface area contributed by atoms with Gasteiger partial charge in [0.2, 0.25) is 11.8 Å². The molecular formula is C15H13F3N2O6.